The lowest BCUT2D eigenvalue weighted by atomic mass is 10.3. The highest BCUT2D eigenvalue weighted by Crippen LogP contribution is 2.14. The molecule has 0 amide bonds. The van der Waals surface area contributed by atoms with Crippen molar-refractivity contribution in [2.75, 3.05) is 13.1 Å². The molecule has 0 spiro atoms. The van der Waals surface area contributed by atoms with Gasteiger partial charge in [-0.25, -0.2) is 9.97 Å². The van der Waals surface area contributed by atoms with Gasteiger partial charge in [0.1, 0.15) is 12.2 Å². The predicted octanol–water partition coefficient (Wildman–Crippen LogP) is 0.0890. The van der Waals surface area contributed by atoms with E-state index in [1.54, 1.807) is 0 Å². The van der Waals surface area contributed by atoms with Gasteiger partial charge in [0, 0.05) is 18.9 Å². The second kappa shape index (κ2) is 4.03. The number of ether oxygens (including phenoxy) is 1. The molecule has 1 atom stereocenters. The standard InChI is InChI=1S/C9H10N4O/c10-5-8-9(13-4-3-12-8)14-7-1-2-11-6-7/h3-4,7,11H,1-2,6H2. The first-order valence-corrected chi connectivity index (χ1v) is 4.48. The fourth-order valence-electron chi connectivity index (χ4n) is 1.37. The summed E-state index contributed by atoms with van der Waals surface area (Å²) in [5.41, 5.74) is 0.249. The highest BCUT2D eigenvalue weighted by atomic mass is 16.5. The van der Waals surface area contributed by atoms with Crippen molar-refractivity contribution in [2.45, 2.75) is 12.5 Å². The SMILES string of the molecule is N#Cc1nccnc1OC1CCNC1. The van der Waals surface area contributed by atoms with Gasteiger partial charge in [-0.05, 0) is 13.0 Å². The van der Waals surface area contributed by atoms with Crippen LogP contribution in [0.5, 0.6) is 5.88 Å². The molecule has 0 radical (unpaired) electrons. The summed E-state index contributed by atoms with van der Waals surface area (Å²) in [5.74, 6) is 0.337. The highest BCUT2D eigenvalue weighted by Gasteiger charge is 2.18. The van der Waals surface area contributed by atoms with E-state index >= 15 is 0 Å². The third-order valence-corrected chi connectivity index (χ3v) is 2.06. The van der Waals surface area contributed by atoms with Crippen LogP contribution in [-0.4, -0.2) is 29.2 Å². The molecule has 2 heterocycles. The maximum atomic E-state index is 8.74. The quantitative estimate of drug-likeness (QED) is 0.715. The van der Waals surface area contributed by atoms with Gasteiger partial charge in [0.15, 0.2) is 0 Å². The molecule has 0 aliphatic carbocycles. The molecule has 1 aromatic rings. The van der Waals surface area contributed by atoms with Crippen LogP contribution in [-0.2, 0) is 0 Å². The number of aromatic nitrogens is 2. The Labute approximate surface area is 81.7 Å². The van der Waals surface area contributed by atoms with Crippen LogP contribution in [0, 0.1) is 11.3 Å². The molecule has 1 saturated heterocycles. The van der Waals surface area contributed by atoms with E-state index in [9.17, 15) is 0 Å². The van der Waals surface area contributed by atoms with Crippen LogP contribution < -0.4 is 10.1 Å². The Hall–Kier alpha value is -1.67. The van der Waals surface area contributed by atoms with E-state index in [1.165, 1.54) is 12.4 Å². The molecule has 0 aromatic carbocycles. The predicted molar refractivity (Wildman–Crippen MR) is 48.6 cm³/mol. The number of nitrogens with zero attached hydrogens (tertiary/aromatic N) is 3. The minimum atomic E-state index is 0.110. The van der Waals surface area contributed by atoms with E-state index in [0.717, 1.165) is 19.5 Å². The molecule has 1 aromatic heterocycles. The molecule has 0 saturated carbocycles. The normalized spacial score (nSPS) is 20.4. The average Bonchev–Trinajstić information content (AvgIpc) is 2.71. The summed E-state index contributed by atoms with van der Waals surface area (Å²) < 4.78 is 5.54. The monoisotopic (exact) mass is 190 g/mol. The van der Waals surface area contributed by atoms with Crippen LogP contribution in [0.4, 0.5) is 0 Å². The van der Waals surface area contributed by atoms with E-state index in [2.05, 4.69) is 15.3 Å². The summed E-state index contributed by atoms with van der Waals surface area (Å²) in [4.78, 5) is 7.85. The topological polar surface area (TPSA) is 70.8 Å². The summed E-state index contributed by atoms with van der Waals surface area (Å²) in [6.07, 6.45) is 4.07. The van der Waals surface area contributed by atoms with Gasteiger partial charge in [0.05, 0.1) is 0 Å². The maximum absolute atomic E-state index is 8.74. The van der Waals surface area contributed by atoms with Gasteiger partial charge in [-0.15, -0.1) is 0 Å². The van der Waals surface area contributed by atoms with E-state index < -0.39 is 0 Å². The van der Waals surface area contributed by atoms with Gasteiger partial charge in [0.2, 0.25) is 5.69 Å². The molecule has 1 unspecified atom stereocenters. The van der Waals surface area contributed by atoms with Crippen molar-refractivity contribution in [3.05, 3.63) is 18.1 Å². The summed E-state index contributed by atoms with van der Waals surface area (Å²) in [5, 5.41) is 11.9. The third kappa shape index (κ3) is 1.80. The zero-order chi connectivity index (χ0) is 9.80. The molecule has 1 N–H and O–H groups in total. The lowest BCUT2D eigenvalue weighted by molar-refractivity contribution is 0.212. The van der Waals surface area contributed by atoms with Gasteiger partial charge in [0.25, 0.3) is 5.88 Å². The second-order valence-electron chi connectivity index (χ2n) is 3.05. The van der Waals surface area contributed by atoms with Gasteiger partial charge in [-0.1, -0.05) is 0 Å². The molecule has 14 heavy (non-hydrogen) atoms. The van der Waals surface area contributed by atoms with Gasteiger partial charge in [-0.2, -0.15) is 5.26 Å². The molecule has 1 aliphatic rings. The molecule has 2 rings (SSSR count). The largest absolute Gasteiger partial charge is 0.471 e. The van der Waals surface area contributed by atoms with Crippen LogP contribution in [0.1, 0.15) is 12.1 Å². The van der Waals surface area contributed by atoms with E-state index in [0.29, 0.717) is 5.88 Å². The number of rotatable bonds is 2. The van der Waals surface area contributed by atoms with Gasteiger partial charge < -0.3 is 10.1 Å². The lowest BCUT2D eigenvalue weighted by Crippen LogP contribution is -2.20. The average molecular weight is 190 g/mol. The van der Waals surface area contributed by atoms with Crippen LogP contribution in [0.25, 0.3) is 0 Å². The lowest BCUT2D eigenvalue weighted by Gasteiger charge is -2.11. The van der Waals surface area contributed by atoms with Crippen molar-refractivity contribution >= 4 is 0 Å². The third-order valence-electron chi connectivity index (χ3n) is 2.06. The van der Waals surface area contributed by atoms with Crippen LogP contribution in [0.2, 0.25) is 0 Å². The minimum absolute atomic E-state index is 0.110. The van der Waals surface area contributed by atoms with Crippen LogP contribution in [0.15, 0.2) is 12.4 Å². The number of hydrogen-bond acceptors (Lipinski definition) is 5. The smallest absolute Gasteiger partial charge is 0.251 e. The fraction of sp³-hybridized carbons (Fsp3) is 0.444. The molecule has 1 fully saturated rings. The first-order valence-electron chi connectivity index (χ1n) is 4.48. The van der Waals surface area contributed by atoms with E-state index in [-0.39, 0.29) is 11.8 Å². The van der Waals surface area contributed by atoms with Gasteiger partial charge >= 0.3 is 0 Å². The van der Waals surface area contributed by atoms with Crippen molar-refractivity contribution in [3.8, 4) is 11.9 Å². The summed E-state index contributed by atoms with van der Waals surface area (Å²) in [7, 11) is 0. The Morgan fingerprint density at radius 1 is 1.50 bits per heavy atom. The highest BCUT2D eigenvalue weighted by molar-refractivity contribution is 5.30. The summed E-state index contributed by atoms with van der Waals surface area (Å²) in [6.45, 7) is 1.76. The summed E-state index contributed by atoms with van der Waals surface area (Å²) >= 11 is 0. The van der Waals surface area contributed by atoms with Crippen LogP contribution >= 0.6 is 0 Å². The minimum Gasteiger partial charge on any atom is -0.471 e. The number of nitrogens with one attached hydrogen (secondary N) is 1. The zero-order valence-electron chi connectivity index (χ0n) is 7.60. The van der Waals surface area contributed by atoms with Crippen molar-refractivity contribution < 1.29 is 4.74 Å². The Bertz CT molecular complexity index is 354. The molecule has 5 nitrogen and oxygen atoms in total. The Morgan fingerprint density at radius 2 is 2.36 bits per heavy atom. The fourth-order valence-corrected chi connectivity index (χ4v) is 1.37. The molecule has 5 heteroatoms. The number of hydrogen-bond donors (Lipinski definition) is 1. The molecular formula is C9H10N4O. The van der Waals surface area contributed by atoms with Crippen molar-refractivity contribution in [2.24, 2.45) is 0 Å². The Kier molecular flexibility index (Phi) is 2.56. The van der Waals surface area contributed by atoms with Crippen LogP contribution in [0.3, 0.4) is 0 Å². The van der Waals surface area contributed by atoms with Crippen molar-refractivity contribution in [3.63, 3.8) is 0 Å². The zero-order valence-corrected chi connectivity index (χ0v) is 7.60. The van der Waals surface area contributed by atoms with E-state index in [1.807, 2.05) is 6.07 Å². The number of nitriles is 1. The molecule has 72 valence electrons. The molecule has 1 aliphatic heterocycles. The first kappa shape index (κ1) is 8.91. The molecular weight excluding hydrogens is 180 g/mol. The Morgan fingerprint density at radius 3 is 3.07 bits per heavy atom. The maximum Gasteiger partial charge on any atom is 0.251 e. The second-order valence-corrected chi connectivity index (χ2v) is 3.05. The first-order chi connectivity index (χ1) is 6.90. The Balaban J connectivity index is 2.11. The summed E-state index contributed by atoms with van der Waals surface area (Å²) in [6, 6.07) is 1.95. The van der Waals surface area contributed by atoms with E-state index in [4.69, 9.17) is 10.00 Å². The van der Waals surface area contributed by atoms with Gasteiger partial charge in [-0.3, -0.25) is 0 Å². The van der Waals surface area contributed by atoms with Crippen molar-refractivity contribution in [1.29, 1.82) is 5.26 Å². The molecule has 0 bridgehead atoms. The van der Waals surface area contributed by atoms with Crippen molar-refractivity contribution in [1.82, 2.24) is 15.3 Å².